The van der Waals surface area contributed by atoms with Gasteiger partial charge >= 0.3 is 0 Å². The van der Waals surface area contributed by atoms with Crippen LogP contribution >= 0.6 is 0 Å². The van der Waals surface area contributed by atoms with Crippen molar-refractivity contribution in [3.63, 3.8) is 0 Å². The van der Waals surface area contributed by atoms with E-state index in [9.17, 15) is 0 Å². The third-order valence-electron chi connectivity index (χ3n) is 4.76. The maximum atomic E-state index is 2.54. The highest BCUT2D eigenvalue weighted by molar-refractivity contribution is 5.65. The lowest BCUT2D eigenvalue weighted by Gasteiger charge is -2.48. The summed E-state index contributed by atoms with van der Waals surface area (Å²) in [6.07, 6.45) is 0. The van der Waals surface area contributed by atoms with Gasteiger partial charge in [-0.25, -0.2) is 0 Å². The van der Waals surface area contributed by atoms with Gasteiger partial charge in [-0.3, -0.25) is 4.48 Å². The molecule has 2 bridgehead atoms. The Morgan fingerprint density at radius 1 is 0.952 bits per heavy atom. The zero-order valence-corrected chi connectivity index (χ0v) is 14.4. The molecule has 0 aliphatic carbocycles. The number of halogens is 1. The summed E-state index contributed by atoms with van der Waals surface area (Å²) < 4.78 is 1.01. The normalized spacial score (nSPS) is 22.1. The molecule has 21 heavy (non-hydrogen) atoms. The maximum absolute atomic E-state index is 2.54. The van der Waals surface area contributed by atoms with Crippen molar-refractivity contribution in [2.75, 3.05) is 18.6 Å². The Hall–Kier alpha value is -1.32. The molecular formula is C18H21BrN2. The Morgan fingerprint density at radius 2 is 1.62 bits per heavy atom. The first-order valence-corrected chi connectivity index (χ1v) is 7.34. The highest BCUT2D eigenvalue weighted by Gasteiger charge is 2.40. The van der Waals surface area contributed by atoms with Gasteiger partial charge in [0, 0.05) is 11.1 Å². The quantitative estimate of drug-likeness (QED) is 0.637. The molecule has 0 fully saturated rings. The lowest BCUT2D eigenvalue weighted by Crippen LogP contribution is -3.00. The average Bonchev–Trinajstić information content (AvgIpc) is 2.37. The van der Waals surface area contributed by atoms with Gasteiger partial charge in [0.15, 0.2) is 6.67 Å². The third kappa shape index (κ3) is 2.19. The topological polar surface area (TPSA) is 3.24 Å². The summed E-state index contributed by atoms with van der Waals surface area (Å²) in [5.41, 5.74) is 8.64. The van der Waals surface area contributed by atoms with Gasteiger partial charge < -0.3 is 21.9 Å². The number of nitrogens with zero attached hydrogens (tertiary/aromatic N) is 2. The van der Waals surface area contributed by atoms with Crippen molar-refractivity contribution in [2.45, 2.75) is 26.9 Å². The van der Waals surface area contributed by atoms with Gasteiger partial charge in [-0.2, -0.15) is 0 Å². The van der Waals surface area contributed by atoms with Crippen molar-refractivity contribution in [1.29, 1.82) is 0 Å². The van der Waals surface area contributed by atoms with Crippen LogP contribution in [-0.4, -0.2) is 13.7 Å². The zero-order valence-electron chi connectivity index (χ0n) is 12.9. The molecular weight excluding hydrogens is 324 g/mol. The number of hydrogen-bond donors (Lipinski definition) is 0. The summed E-state index contributed by atoms with van der Waals surface area (Å²) >= 11 is 0. The molecule has 2 nitrogen and oxygen atoms in total. The van der Waals surface area contributed by atoms with Crippen LogP contribution in [0, 0.1) is 13.8 Å². The first kappa shape index (κ1) is 14.6. The molecule has 0 aromatic heterocycles. The second kappa shape index (κ2) is 4.85. The van der Waals surface area contributed by atoms with Gasteiger partial charge in [0.05, 0.1) is 19.3 Å². The Labute approximate surface area is 137 Å². The Balaban J connectivity index is 0.00000132. The van der Waals surface area contributed by atoms with E-state index in [0.717, 1.165) is 24.2 Å². The first-order chi connectivity index (χ1) is 9.55. The highest BCUT2D eigenvalue weighted by Crippen LogP contribution is 2.42. The molecule has 2 aromatic carbocycles. The molecule has 2 aliphatic heterocycles. The van der Waals surface area contributed by atoms with Crippen LogP contribution in [0.4, 0.5) is 11.4 Å². The fourth-order valence-corrected chi connectivity index (χ4v) is 3.90. The summed E-state index contributed by atoms with van der Waals surface area (Å²) in [5, 5.41) is 0. The fraction of sp³-hybridized carbons (Fsp3) is 0.333. The van der Waals surface area contributed by atoms with Crippen molar-refractivity contribution in [1.82, 2.24) is 4.48 Å². The fourth-order valence-electron chi connectivity index (χ4n) is 3.90. The predicted molar refractivity (Wildman–Crippen MR) is 84.8 cm³/mol. The molecule has 110 valence electrons. The van der Waals surface area contributed by atoms with Crippen molar-refractivity contribution >= 4 is 11.4 Å². The smallest absolute Gasteiger partial charge is 0.159 e. The van der Waals surface area contributed by atoms with Crippen LogP contribution in [0.2, 0.25) is 0 Å². The Bertz CT molecular complexity index is 710. The highest BCUT2D eigenvalue weighted by atomic mass is 79.9. The van der Waals surface area contributed by atoms with Crippen molar-refractivity contribution in [2.24, 2.45) is 0 Å². The summed E-state index contributed by atoms with van der Waals surface area (Å²) in [6, 6.07) is 13.8. The Morgan fingerprint density at radius 3 is 2.38 bits per heavy atom. The number of benzene rings is 2. The molecule has 2 heterocycles. The average molecular weight is 345 g/mol. The molecule has 1 unspecified atom stereocenters. The van der Waals surface area contributed by atoms with E-state index in [1.54, 1.807) is 0 Å². The van der Waals surface area contributed by atoms with Crippen molar-refractivity contribution in [3.8, 4) is 0 Å². The second-order valence-electron chi connectivity index (χ2n) is 6.66. The first-order valence-electron chi connectivity index (χ1n) is 7.34. The van der Waals surface area contributed by atoms with Crippen molar-refractivity contribution in [3.05, 3.63) is 58.7 Å². The van der Waals surface area contributed by atoms with E-state index in [0.29, 0.717) is 0 Å². The van der Waals surface area contributed by atoms with Crippen LogP contribution in [-0.2, 0) is 13.1 Å². The number of fused-ring (bicyclic) bond motifs is 6. The van der Waals surface area contributed by atoms with E-state index in [2.05, 4.69) is 62.2 Å². The number of quaternary nitrogens is 1. The summed E-state index contributed by atoms with van der Waals surface area (Å²) in [6.45, 7) is 7.61. The summed E-state index contributed by atoms with van der Waals surface area (Å²) in [5.74, 6) is 0. The van der Waals surface area contributed by atoms with E-state index < -0.39 is 0 Å². The van der Waals surface area contributed by atoms with E-state index in [4.69, 9.17) is 0 Å². The molecule has 1 atom stereocenters. The number of hydrogen-bond acceptors (Lipinski definition) is 1. The predicted octanol–water partition coefficient (Wildman–Crippen LogP) is 0.736. The lowest BCUT2D eigenvalue weighted by molar-refractivity contribution is -0.00000440. The molecule has 0 N–H and O–H groups in total. The van der Waals surface area contributed by atoms with E-state index >= 15 is 0 Å². The van der Waals surface area contributed by atoms with E-state index in [-0.39, 0.29) is 17.0 Å². The van der Waals surface area contributed by atoms with Crippen LogP contribution in [0.25, 0.3) is 0 Å². The Kier molecular flexibility index (Phi) is 3.38. The van der Waals surface area contributed by atoms with Crippen LogP contribution in [0.3, 0.4) is 0 Å². The molecule has 4 rings (SSSR count). The molecule has 2 aliphatic rings. The molecule has 0 spiro atoms. The molecule has 2 aromatic rings. The van der Waals surface area contributed by atoms with Crippen LogP contribution in [0.5, 0.6) is 0 Å². The van der Waals surface area contributed by atoms with E-state index in [1.807, 2.05) is 0 Å². The van der Waals surface area contributed by atoms with Gasteiger partial charge in [0.2, 0.25) is 0 Å². The monoisotopic (exact) mass is 344 g/mol. The SMILES string of the molecule is Cc1ccc2c(c1)C[N+]1(C)CN2Cc2cc(C)ccc21.[Br-]. The van der Waals surface area contributed by atoms with Gasteiger partial charge in [0.1, 0.15) is 12.2 Å². The standard InChI is InChI=1S/C18H21N2.BrH/c1-13-4-6-17-16(9-13)11-20(3)12-19(17)10-15-8-14(2)5-7-18(15)20;/h4-9H,10-12H2,1-3H3;1H/q+1;/p-1. The van der Waals surface area contributed by atoms with Gasteiger partial charge in [-0.1, -0.05) is 23.3 Å². The van der Waals surface area contributed by atoms with Gasteiger partial charge in [-0.15, -0.1) is 0 Å². The molecule has 0 saturated heterocycles. The minimum absolute atomic E-state index is 0. The second-order valence-corrected chi connectivity index (χ2v) is 6.66. The summed E-state index contributed by atoms with van der Waals surface area (Å²) in [7, 11) is 2.37. The number of rotatable bonds is 0. The zero-order chi connectivity index (χ0) is 13.9. The van der Waals surface area contributed by atoms with Crippen LogP contribution in [0.15, 0.2) is 36.4 Å². The molecule has 3 heteroatoms. The van der Waals surface area contributed by atoms with E-state index in [1.165, 1.54) is 33.6 Å². The number of aryl methyl sites for hydroxylation is 2. The largest absolute Gasteiger partial charge is 1.00 e. The van der Waals surface area contributed by atoms with Crippen molar-refractivity contribution < 1.29 is 17.0 Å². The van der Waals surface area contributed by atoms with Crippen LogP contribution < -0.4 is 26.4 Å². The van der Waals surface area contributed by atoms with Gasteiger partial charge in [0.25, 0.3) is 0 Å². The van der Waals surface area contributed by atoms with Gasteiger partial charge in [-0.05, 0) is 38.1 Å². The maximum Gasteiger partial charge on any atom is 0.159 e. The summed E-state index contributed by atoms with van der Waals surface area (Å²) in [4.78, 5) is 2.54. The molecule has 0 saturated carbocycles. The minimum atomic E-state index is 0. The van der Waals surface area contributed by atoms with Crippen LogP contribution in [0.1, 0.15) is 22.3 Å². The molecule has 0 amide bonds. The molecule has 0 radical (unpaired) electrons. The third-order valence-corrected chi connectivity index (χ3v) is 4.76. The number of anilines is 1. The lowest BCUT2D eigenvalue weighted by atomic mass is 9.97. The minimum Gasteiger partial charge on any atom is -1.00 e.